The lowest BCUT2D eigenvalue weighted by atomic mass is 9.95. The molecule has 0 saturated carbocycles. The number of carbonyl (C=O) groups is 9. The number of carboxylic acid groups (broad SMARTS) is 1. The number of hydrogen-bond acceptors (Lipinski definition) is 13. The van der Waals surface area contributed by atoms with Crippen molar-refractivity contribution in [1.29, 1.82) is 0 Å². The molecule has 10 atom stereocenters. The third kappa shape index (κ3) is 21.5. The van der Waals surface area contributed by atoms with E-state index in [0.29, 0.717) is 24.1 Å². The normalized spacial score (nSPS) is 15.0. The number of hydrogen-bond donors (Lipinski definition) is 14. The molecule has 3 rings (SSSR count). The van der Waals surface area contributed by atoms with E-state index in [1.165, 1.54) is 12.5 Å². The van der Waals surface area contributed by atoms with E-state index in [9.17, 15) is 48.3 Å². The monoisotopic (exact) mass is 1060 g/mol. The van der Waals surface area contributed by atoms with Gasteiger partial charge in [0.2, 0.25) is 47.3 Å². The second kappa shape index (κ2) is 31.9. The molecule has 24 nitrogen and oxygen atoms in total. The summed E-state index contributed by atoms with van der Waals surface area (Å²) in [5.41, 5.74) is 24.2. The average molecular weight is 1060 g/mol. The number of H-pyrrole nitrogens is 1. The summed E-state index contributed by atoms with van der Waals surface area (Å²) in [7, 11) is 0. The Morgan fingerprint density at radius 1 is 0.613 bits per heavy atom. The lowest BCUT2D eigenvalue weighted by Crippen LogP contribution is -2.62. The van der Waals surface area contributed by atoms with E-state index in [-0.39, 0.29) is 63.2 Å². The second-order valence-corrected chi connectivity index (χ2v) is 18.7. The van der Waals surface area contributed by atoms with E-state index in [1.54, 1.807) is 70.2 Å². The molecule has 0 aliphatic carbocycles. The SMILES string of the molecule is CC[C@H](C)[C@H](NC(=O)[C@H](CCC(N)=O)NC(=O)[C@@H](NC(=O)[C@H](CS)NC(=O)[C@@H](N)Cc1ccccc1)[C@@H](C)CC)C(=O)N[C@@H](Cc1cnc[nH]1)C(=O)N[C@@H](Cc1ccccc1)C(=O)N[C@@H](CCCN=C(N)N)C(=O)O. The molecule has 0 aliphatic rings. The largest absolute Gasteiger partial charge is 0.480 e. The molecule has 75 heavy (non-hydrogen) atoms. The average Bonchev–Trinajstić information content (AvgIpc) is 3.90. The second-order valence-electron chi connectivity index (χ2n) is 18.3. The minimum Gasteiger partial charge on any atom is -0.480 e. The number of aromatic nitrogens is 2. The van der Waals surface area contributed by atoms with Crippen LogP contribution in [0.3, 0.4) is 0 Å². The highest BCUT2D eigenvalue weighted by atomic mass is 32.1. The van der Waals surface area contributed by atoms with Crippen LogP contribution in [-0.2, 0) is 62.4 Å². The molecule has 0 radical (unpaired) electrons. The molecule has 0 bridgehead atoms. The van der Waals surface area contributed by atoms with E-state index >= 15 is 0 Å². The number of nitrogens with one attached hydrogen (secondary N) is 8. The summed E-state index contributed by atoms with van der Waals surface area (Å²) in [4.78, 5) is 133. The zero-order chi connectivity index (χ0) is 55.6. The maximum absolute atomic E-state index is 14.4. The molecule has 25 heteroatoms. The van der Waals surface area contributed by atoms with Gasteiger partial charge in [-0.15, -0.1) is 0 Å². The maximum atomic E-state index is 14.4. The van der Waals surface area contributed by atoms with Crippen LogP contribution in [0.5, 0.6) is 0 Å². The predicted octanol–water partition coefficient (Wildman–Crippen LogP) is -1.42. The summed E-state index contributed by atoms with van der Waals surface area (Å²) in [6.07, 6.45) is 2.90. The highest BCUT2D eigenvalue weighted by Crippen LogP contribution is 2.14. The van der Waals surface area contributed by atoms with Crippen molar-refractivity contribution in [2.24, 2.45) is 39.8 Å². The van der Waals surface area contributed by atoms with Gasteiger partial charge in [0.15, 0.2) is 5.96 Å². The molecule has 0 unspecified atom stereocenters. The highest BCUT2D eigenvalue weighted by Gasteiger charge is 2.37. The first kappa shape index (κ1) is 61.8. The Morgan fingerprint density at radius 3 is 1.56 bits per heavy atom. The number of aromatic amines is 1. The van der Waals surface area contributed by atoms with Crippen molar-refractivity contribution in [3.05, 3.63) is 90.0 Å². The number of aliphatic carboxylic acids is 1. The Balaban J connectivity index is 1.88. The Hall–Kier alpha value is -7.54. The Labute approximate surface area is 441 Å². The minimum absolute atomic E-state index is 0.0446. The zero-order valence-corrected chi connectivity index (χ0v) is 43.6. The number of nitrogens with zero attached hydrogens (tertiary/aromatic N) is 2. The number of rotatable bonds is 33. The summed E-state index contributed by atoms with van der Waals surface area (Å²) in [5.74, 6) is -9.18. The van der Waals surface area contributed by atoms with Crippen molar-refractivity contribution in [3.63, 3.8) is 0 Å². The van der Waals surface area contributed by atoms with Gasteiger partial charge in [0.05, 0.1) is 12.4 Å². The summed E-state index contributed by atoms with van der Waals surface area (Å²) in [5, 5.41) is 28.4. The van der Waals surface area contributed by atoms with Crippen LogP contribution in [0.1, 0.15) is 83.0 Å². The molecule has 0 saturated heterocycles. The van der Waals surface area contributed by atoms with E-state index in [4.69, 9.17) is 22.9 Å². The van der Waals surface area contributed by atoms with E-state index in [2.05, 4.69) is 64.8 Å². The van der Waals surface area contributed by atoms with Gasteiger partial charge in [0, 0.05) is 43.5 Å². The van der Waals surface area contributed by atoms with Gasteiger partial charge in [-0.2, -0.15) is 12.6 Å². The molecule has 0 fully saturated rings. The van der Waals surface area contributed by atoms with E-state index in [0.717, 1.165) is 5.56 Å². The number of primary amides is 1. The van der Waals surface area contributed by atoms with Crippen LogP contribution >= 0.6 is 12.6 Å². The molecular formula is C50H74N14O10S. The Kier molecular flexibility index (Phi) is 26.3. The van der Waals surface area contributed by atoms with Crippen molar-refractivity contribution in [3.8, 4) is 0 Å². The highest BCUT2D eigenvalue weighted by molar-refractivity contribution is 7.80. The smallest absolute Gasteiger partial charge is 0.326 e. The molecule has 8 amide bonds. The third-order valence-electron chi connectivity index (χ3n) is 12.4. The quantitative estimate of drug-likeness (QED) is 0.0144. The van der Waals surface area contributed by atoms with Crippen LogP contribution in [0, 0.1) is 11.8 Å². The van der Waals surface area contributed by atoms with E-state index < -0.39 is 113 Å². The number of imidazole rings is 1. The molecule has 0 aliphatic heterocycles. The topological polar surface area (TPSA) is 403 Å². The first-order chi connectivity index (χ1) is 35.7. The van der Waals surface area contributed by atoms with Crippen LogP contribution in [0.15, 0.2) is 78.2 Å². The van der Waals surface area contributed by atoms with Gasteiger partial charge in [0.25, 0.3) is 0 Å². The minimum atomic E-state index is -1.48. The Morgan fingerprint density at radius 2 is 1.08 bits per heavy atom. The van der Waals surface area contributed by atoms with Crippen molar-refractivity contribution in [2.45, 2.75) is 134 Å². The summed E-state index contributed by atoms with van der Waals surface area (Å²) < 4.78 is 0. The lowest BCUT2D eigenvalue weighted by Gasteiger charge is -2.30. The molecular weight excluding hydrogens is 989 g/mol. The molecule has 3 aromatic rings. The lowest BCUT2D eigenvalue weighted by molar-refractivity contribution is -0.142. The summed E-state index contributed by atoms with van der Waals surface area (Å²) >= 11 is 4.26. The summed E-state index contributed by atoms with van der Waals surface area (Å²) in [6.45, 7) is 6.99. The van der Waals surface area contributed by atoms with Gasteiger partial charge < -0.3 is 70.2 Å². The van der Waals surface area contributed by atoms with Crippen LogP contribution < -0.4 is 60.2 Å². The van der Waals surface area contributed by atoms with Gasteiger partial charge in [-0.1, -0.05) is 101 Å². The number of benzene rings is 2. The molecule has 1 aromatic heterocycles. The van der Waals surface area contributed by atoms with Gasteiger partial charge in [-0.05, 0) is 48.6 Å². The predicted molar refractivity (Wildman–Crippen MR) is 283 cm³/mol. The van der Waals surface area contributed by atoms with Crippen LogP contribution in [0.25, 0.3) is 0 Å². The fourth-order valence-electron chi connectivity index (χ4n) is 7.61. The first-order valence-corrected chi connectivity index (χ1v) is 25.4. The molecule has 1 heterocycles. The van der Waals surface area contributed by atoms with Crippen LogP contribution in [0.4, 0.5) is 0 Å². The van der Waals surface area contributed by atoms with Gasteiger partial charge in [-0.3, -0.25) is 43.3 Å². The standard InChI is InChI=1S/C50H74N14O10S/c1-5-28(3)40(64-46(70)38(26-75)62-42(66)33(51)22-30-14-9-7-10-15-30)47(71)58-34(19-20-39(52)65)43(67)63-41(29(4)6-2)48(72)61-37(24-32-25-55-27-57-32)45(69)60-36(23-31-16-11-8-12-17-31)44(68)59-35(49(73)74)18-13-21-56-50(53)54/h7-12,14-17,25,27-29,33-38,40-41,75H,5-6,13,18-24,26,51H2,1-4H3,(H2,52,65)(H,55,57)(H,58,71)(H,59,68)(H,60,69)(H,61,72)(H,62,66)(H,63,67)(H,64,70)(H,73,74)(H4,53,54,56)/t28-,29-,33-,34-,35-,36-,37-,38-,40-,41-/m0/s1. The van der Waals surface area contributed by atoms with Crippen LogP contribution in [-0.4, -0.2) is 135 Å². The number of amides is 8. The number of aliphatic imine (C=N–C) groups is 1. The number of carbonyl (C=O) groups excluding carboxylic acids is 8. The molecule has 0 spiro atoms. The number of carboxylic acids is 1. The van der Waals surface area contributed by atoms with E-state index in [1.807, 2.05) is 18.2 Å². The third-order valence-corrected chi connectivity index (χ3v) is 12.8. The van der Waals surface area contributed by atoms with Crippen molar-refractivity contribution in [2.75, 3.05) is 12.3 Å². The fourth-order valence-corrected chi connectivity index (χ4v) is 7.87. The van der Waals surface area contributed by atoms with Gasteiger partial charge in [0.1, 0.15) is 42.3 Å². The van der Waals surface area contributed by atoms with Crippen LogP contribution in [0.2, 0.25) is 0 Å². The van der Waals surface area contributed by atoms with Crippen molar-refractivity contribution >= 4 is 71.8 Å². The Bertz CT molecular complexity index is 2380. The summed E-state index contributed by atoms with van der Waals surface area (Å²) in [6, 6.07) is 7.21. The maximum Gasteiger partial charge on any atom is 0.326 e. The molecule has 2 aromatic carbocycles. The first-order valence-electron chi connectivity index (χ1n) is 24.8. The number of nitrogens with two attached hydrogens (primary N) is 4. The van der Waals surface area contributed by atoms with Crippen molar-refractivity contribution < 1.29 is 48.3 Å². The zero-order valence-electron chi connectivity index (χ0n) is 42.8. The number of guanidine groups is 1. The molecule has 410 valence electrons. The number of thiol groups is 1. The van der Waals surface area contributed by atoms with Gasteiger partial charge >= 0.3 is 5.97 Å². The van der Waals surface area contributed by atoms with Crippen molar-refractivity contribution in [1.82, 2.24) is 47.2 Å². The molecule has 17 N–H and O–H groups in total. The van der Waals surface area contributed by atoms with Gasteiger partial charge in [-0.25, -0.2) is 9.78 Å². The fraction of sp³-hybridized carbons (Fsp3) is 0.500.